The molecule has 0 spiro atoms. The van der Waals surface area contributed by atoms with Gasteiger partial charge in [0.15, 0.2) is 0 Å². The van der Waals surface area contributed by atoms with Gasteiger partial charge < -0.3 is 5.11 Å². The molecule has 2 nitrogen and oxygen atoms in total. The van der Waals surface area contributed by atoms with Crippen molar-refractivity contribution in [2.75, 3.05) is 0 Å². The molecule has 0 aliphatic rings. The van der Waals surface area contributed by atoms with E-state index in [1.807, 2.05) is 0 Å². The van der Waals surface area contributed by atoms with Crippen molar-refractivity contribution >= 4 is 0 Å². The highest BCUT2D eigenvalue weighted by Crippen LogP contribution is 2.25. The molecular weight excluding hydrogens is 186 g/mol. The maximum Gasteiger partial charge on any atom is 0.134 e. The molecule has 2 heteroatoms. The second-order valence-electron chi connectivity index (χ2n) is 3.75. The molecule has 0 aliphatic heterocycles. The number of hydrogen-bond acceptors (Lipinski definition) is 2. The van der Waals surface area contributed by atoms with Gasteiger partial charge in [0, 0.05) is 11.8 Å². The quantitative estimate of drug-likeness (QED) is 0.765. The summed E-state index contributed by atoms with van der Waals surface area (Å²) in [5.74, 6) is 0.201. The first-order valence-electron chi connectivity index (χ1n) is 4.88. The molecule has 0 radical (unpaired) electrons. The normalized spacial score (nSPS) is 10.3. The number of nitrogens with zero attached hydrogens (tertiary/aromatic N) is 1. The van der Waals surface area contributed by atoms with E-state index in [1.54, 1.807) is 12.3 Å². The van der Waals surface area contributed by atoms with Crippen molar-refractivity contribution in [3.8, 4) is 16.9 Å². The van der Waals surface area contributed by atoms with Gasteiger partial charge in [0.2, 0.25) is 0 Å². The maximum atomic E-state index is 9.36. The third kappa shape index (κ3) is 1.99. The van der Waals surface area contributed by atoms with Gasteiger partial charge in [0.1, 0.15) is 5.75 Å². The van der Waals surface area contributed by atoms with Gasteiger partial charge in [-0.2, -0.15) is 0 Å². The van der Waals surface area contributed by atoms with Crippen LogP contribution in [0.3, 0.4) is 0 Å². The van der Waals surface area contributed by atoms with E-state index < -0.39 is 0 Å². The molecule has 2 rings (SSSR count). The highest BCUT2D eigenvalue weighted by atomic mass is 16.3. The molecule has 0 saturated heterocycles. The van der Waals surface area contributed by atoms with Gasteiger partial charge in [0.05, 0.1) is 6.20 Å². The van der Waals surface area contributed by atoms with Crippen LogP contribution in [0.4, 0.5) is 0 Å². The highest BCUT2D eigenvalue weighted by molar-refractivity contribution is 5.67. The molecule has 1 heterocycles. The summed E-state index contributed by atoms with van der Waals surface area (Å²) in [6, 6.07) is 7.97. The van der Waals surface area contributed by atoms with E-state index >= 15 is 0 Å². The number of hydrogen-bond donors (Lipinski definition) is 1. The topological polar surface area (TPSA) is 33.1 Å². The summed E-state index contributed by atoms with van der Waals surface area (Å²) < 4.78 is 0. The van der Waals surface area contributed by atoms with Crippen molar-refractivity contribution in [2.45, 2.75) is 13.8 Å². The van der Waals surface area contributed by atoms with Crippen LogP contribution in [0.25, 0.3) is 11.1 Å². The molecule has 0 unspecified atom stereocenters. The van der Waals surface area contributed by atoms with Crippen LogP contribution in [-0.4, -0.2) is 10.1 Å². The van der Waals surface area contributed by atoms with Crippen molar-refractivity contribution in [3.63, 3.8) is 0 Å². The molecule has 15 heavy (non-hydrogen) atoms. The first-order valence-corrected chi connectivity index (χ1v) is 4.88. The molecule has 0 fully saturated rings. The summed E-state index contributed by atoms with van der Waals surface area (Å²) in [7, 11) is 0. The summed E-state index contributed by atoms with van der Waals surface area (Å²) in [6.07, 6.45) is 3.20. The molecule has 76 valence electrons. The van der Waals surface area contributed by atoms with Crippen molar-refractivity contribution in [1.82, 2.24) is 4.98 Å². The lowest BCUT2D eigenvalue weighted by molar-refractivity contribution is 0.473. The Morgan fingerprint density at radius 2 is 1.87 bits per heavy atom. The molecule has 0 amide bonds. The lowest BCUT2D eigenvalue weighted by Gasteiger charge is -2.06. The second-order valence-corrected chi connectivity index (χ2v) is 3.75. The largest absolute Gasteiger partial charge is 0.506 e. The van der Waals surface area contributed by atoms with Crippen molar-refractivity contribution in [3.05, 3.63) is 47.8 Å². The summed E-state index contributed by atoms with van der Waals surface area (Å²) in [4.78, 5) is 3.97. The van der Waals surface area contributed by atoms with E-state index in [0.29, 0.717) is 0 Å². The molecule has 0 saturated carbocycles. The molecule has 0 bridgehead atoms. The van der Waals surface area contributed by atoms with Crippen LogP contribution >= 0.6 is 0 Å². The minimum atomic E-state index is 0.201. The zero-order valence-corrected chi connectivity index (χ0v) is 8.86. The minimum absolute atomic E-state index is 0.201. The van der Waals surface area contributed by atoms with Crippen molar-refractivity contribution in [2.24, 2.45) is 0 Å². The smallest absolute Gasteiger partial charge is 0.134 e. The summed E-state index contributed by atoms with van der Waals surface area (Å²) in [5.41, 5.74) is 4.50. The number of benzene rings is 1. The van der Waals surface area contributed by atoms with Gasteiger partial charge in [-0.05, 0) is 31.0 Å². The molecule has 1 aromatic carbocycles. The number of pyridine rings is 1. The fraction of sp³-hybridized carbons (Fsp3) is 0.154. The third-order valence-electron chi connectivity index (χ3n) is 2.42. The molecule has 1 N–H and O–H groups in total. The monoisotopic (exact) mass is 199 g/mol. The van der Waals surface area contributed by atoms with Crippen molar-refractivity contribution in [1.29, 1.82) is 0 Å². The average molecular weight is 199 g/mol. The van der Waals surface area contributed by atoms with Crippen LogP contribution < -0.4 is 0 Å². The Kier molecular flexibility index (Phi) is 2.42. The van der Waals surface area contributed by atoms with E-state index in [1.165, 1.54) is 17.3 Å². The Morgan fingerprint density at radius 1 is 1.07 bits per heavy atom. The SMILES string of the molecule is Cc1ccc(-c2cncc(O)c2)c(C)c1. The van der Waals surface area contributed by atoms with Crippen LogP contribution in [0.2, 0.25) is 0 Å². The van der Waals surface area contributed by atoms with Crippen LogP contribution in [0.1, 0.15) is 11.1 Å². The van der Waals surface area contributed by atoms with E-state index in [9.17, 15) is 5.11 Å². The summed E-state index contributed by atoms with van der Waals surface area (Å²) in [6.45, 7) is 4.13. The zero-order chi connectivity index (χ0) is 10.8. The number of aromatic nitrogens is 1. The van der Waals surface area contributed by atoms with Crippen molar-refractivity contribution < 1.29 is 5.11 Å². The van der Waals surface area contributed by atoms with Gasteiger partial charge in [-0.3, -0.25) is 4.98 Å². The summed E-state index contributed by atoms with van der Waals surface area (Å²) >= 11 is 0. The van der Waals surface area contributed by atoms with Gasteiger partial charge in [-0.15, -0.1) is 0 Å². The Hall–Kier alpha value is -1.83. The Labute approximate surface area is 89.2 Å². The fourth-order valence-electron chi connectivity index (χ4n) is 1.71. The van der Waals surface area contributed by atoms with Gasteiger partial charge in [-0.1, -0.05) is 23.8 Å². The number of rotatable bonds is 1. The standard InChI is InChI=1S/C13H13NO/c1-9-3-4-13(10(2)5-9)11-6-12(15)8-14-7-11/h3-8,15H,1-2H3. The van der Waals surface area contributed by atoms with Crippen LogP contribution in [0, 0.1) is 13.8 Å². The van der Waals surface area contributed by atoms with Gasteiger partial charge >= 0.3 is 0 Å². The lowest BCUT2D eigenvalue weighted by Crippen LogP contribution is -1.85. The molecule has 2 aromatic rings. The molecular formula is C13H13NO. The predicted octanol–water partition coefficient (Wildman–Crippen LogP) is 3.07. The maximum absolute atomic E-state index is 9.36. The number of aromatic hydroxyl groups is 1. The zero-order valence-electron chi connectivity index (χ0n) is 8.86. The fourth-order valence-corrected chi connectivity index (χ4v) is 1.71. The average Bonchev–Trinajstić information content (AvgIpc) is 2.17. The minimum Gasteiger partial charge on any atom is -0.506 e. The molecule has 0 aliphatic carbocycles. The first-order chi connectivity index (χ1) is 7.16. The third-order valence-corrected chi connectivity index (χ3v) is 2.42. The first kappa shape index (κ1) is 9.71. The number of aryl methyl sites for hydroxylation is 2. The molecule has 1 aromatic heterocycles. The van der Waals surface area contributed by atoms with Gasteiger partial charge in [0.25, 0.3) is 0 Å². The predicted molar refractivity (Wildman–Crippen MR) is 60.8 cm³/mol. The van der Waals surface area contributed by atoms with E-state index in [2.05, 4.69) is 37.0 Å². The highest BCUT2D eigenvalue weighted by Gasteiger charge is 2.02. The second kappa shape index (κ2) is 3.73. The Morgan fingerprint density at radius 3 is 2.53 bits per heavy atom. The van der Waals surface area contributed by atoms with Crippen LogP contribution in [0.5, 0.6) is 5.75 Å². The van der Waals surface area contributed by atoms with E-state index in [4.69, 9.17) is 0 Å². The Bertz CT molecular complexity index is 492. The van der Waals surface area contributed by atoms with E-state index in [-0.39, 0.29) is 5.75 Å². The lowest BCUT2D eigenvalue weighted by atomic mass is 10.0. The Balaban J connectivity index is 2.54. The van der Waals surface area contributed by atoms with Crippen LogP contribution in [-0.2, 0) is 0 Å². The van der Waals surface area contributed by atoms with Crippen LogP contribution in [0.15, 0.2) is 36.7 Å². The summed E-state index contributed by atoms with van der Waals surface area (Å²) in [5, 5.41) is 9.36. The van der Waals surface area contributed by atoms with E-state index in [0.717, 1.165) is 11.1 Å². The van der Waals surface area contributed by atoms with Gasteiger partial charge in [-0.25, -0.2) is 0 Å². The molecule has 0 atom stereocenters.